The van der Waals surface area contributed by atoms with Gasteiger partial charge in [-0.05, 0) is 24.1 Å². The Kier molecular flexibility index (Phi) is 2.09. The number of nitrogens with zero attached hydrogens (tertiary/aromatic N) is 1. The highest BCUT2D eigenvalue weighted by atomic mass is 15.2. The van der Waals surface area contributed by atoms with Gasteiger partial charge in [0.15, 0.2) is 0 Å². The smallest absolute Gasteiger partial charge is 0.0412 e. The maximum Gasteiger partial charge on any atom is 0.0412 e. The molecule has 0 saturated carbocycles. The number of fused-ring (bicyclic) bond motifs is 1. The van der Waals surface area contributed by atoms with Crippen LogP contribution in [0.5, 0.6) is 0 Å². The molecule has 2 heterocycles. The molecule has 0 saturated heterocycles. The monoisotopic (exact) mass is 173 g/mol. The van der Waals surface area contributed by atoms with E-state index in [-0.39, 0.29) is 0 Å². The minimum atomic E-state index is 0.597. The van der Waals surface area contributed by atoms with Crippen molar-refractivity contribution < 1.29 is 0 Å². The Balaban J connectivity index is 2.32. The van der Waals surface area contributed by atoms with E-state index >= 15 is 0 Å². The summed E-state index contributed by atoms with van der Waals surface area (Å²) < 4.78 is 0. The van der Waals surface area contributed by atoms with Gasteiger partial charge in [0.05, 0.1) is 0 Å². The Morgan fingerprint density at radius 3 is 2.85 bits per heavy atom. The Morgan fingerprint density at radius 1 is 1.23 bits per heavy atom. The van der Waals surface area contributed by atoms with Crippen molar-refractivity contribution in [1.29, 1.82) is 0 Å². The molecule has 2 aliphatic heterocycles. The molecular weight excluding hydrogens is 158 g/mol. The van der Waals surface area contributed by atoms with Crippen molar-refractivity contribution in [3.63, 3.8) is 0 Å². The van der Waals surface area contributed by atoms with E-state index in [0.29, 0.717) is 5.92 Å². The van der Waals surface area contributed by atoms with E-state index < -0.39 is 0 Å². The number of rotatable bonds is 1. The summed E-state index contributed by atoms with van der Waals surface area (Å²) in [5.41, 5.74) is 2.73. The molecule has 0 N–H and O–H groups in total. The van der Waals surface area contributed by atoms with Gasteiger partial charge in [0, 0.05) is 17.9 Å². The third kappa shape index (κ3) is 1.46. The summed E-state index contributed by atoms with van der Waals surface area (Å²) in [6.07, 6.45) is 13.0. The zero-order valence-electron chi connectivity index (χ0n) is 8.20. The largest absolute Gasteiger partial charge is 0.341 e. The Bertz CT molecular complexity index is 316. The molecule has 68 valence electrons. The van der Waals surface area contributed by atoms with Crippen LogP contribution in [0.1, 0.15) is 13.8 Å². The highest BCUT2D eigenvalue weighted by Crippen LogP contribution is 2.26. The molecule has 13 heavy (non-hydrogen) atoms. The predicted molar refractivity (Wildman–Crippen MR) is 56.0 cm³/mol. The van der Waals surface area contributed by atoms with Crippen LogP contribution in [-0.2, 0) is 0 Å². The fraction of sp³-hybridized carbons (Fsp3) is 0.333. The van der Waals surface area contributed by atoms with Crippen LogP contribution in [0.25, 0.3) is 0 Å². The zero-order chi connectivity index (χ0) is 9.26. The summed E-state index contributed by atoms with van der Waals surface area (Å²) in [6.45, 7) is 5.49. The number of hydrogen-bond acceptors (Lipinski definition) is 1. The first-order valence-electron chi connectivity index (χ1n) is 4.81. The normalized spacial score (nSPS) is 20.1. The SMILES string of the molecule is CC(C)C1=CC=CC2=CC=CCN21. The molecule has 0 spiro atoms. The van der Waals surface area contributed by atoms with Crippen LogP contribution in [0.15, 0.2) is 47.9 Å². The summed E-state index contributed by atoms with van der Waals surface area (Å²) in [6, 6.07) is 0. The van der Waals surface area contributed by atoms with Crippen LogP contribution < -0.4 is 0 Å². The van der Waals surface area contributed by atoms with Gasteiger partial charge in [-0.25, -0.2) is 0 Å². The van der Waals surface area contributed by atoms with Crippen LogP contribution in [0, 0.1) is 5.92 Å². The maximum atomic E-state index is 2.37. The predicted octanol–water partition coefficient (Wildman–Crippen LogP) is 2.85. The van der Waals surface area contributed by atoms with E-state index in [0.717, 1.165) is 6.54 Å². The highest BCUT2D eigenvalue weighted by Gasteiger charge is 2.17. The van der Waals surface area contributed by atoms with E-state index in [4.69, 9.17) is 0 Å². The highest BCUT2D eigenvalue weighted by molar-refractivity contribution is 5.37. The van der Waals surface area contributed by atoms with Crippen molar-refractivity contribution in [2.45, 2.75) is 13.8 Å². The maximum absolute atomic E-state index is 2.37. The second kappa shape index (κ2) is 3.25. The van der Waals surface area contributed by atoms with E-state index in [1.807, 2.05) is 0 Å². The first kappa shape index (κ1) is 8.36. The van der Waals surface area contributed by atoms with Gasteiger partial charge in [0.2, 0.25) is 0 Å². The van der Waals surface area contributed by atoms with Gasteiger partial charge in [-0.2, -0.15) is 0 Å². The minimum absolute atomic E-state index is 0.597. The molecule has 2 rings (SSSR count). The van der Waals surface area contributed by atoms with E-state index in [1.54, 1.807) is 0 Å². The quantitative estimate of drug-likeness (QED) is 0.589. The van der Waals surface area contributed by atoms with E-state index in [9.17, 15) is 0 Å². The van der Waals surface area contributed by atoms with Crippen LogP contribution in [-0.4, -0.2) is 11.4 Å². The van der Waals surface area contributed by atoms with Gasteiger partial charge < -0.3 is 4.90 Å². The molecule has 0 aromatic rings. The molecule has 1 nitrogen and oxygen atoms in total. The van der Waals surface area contributed by atoms with Gasteiger partial charge in [0.25, 0.3) is 0 Å². The van der Waals surface area contributed by atoms with Gasteiger partial charge in [-0.15, -0.1) is 0 Å². The lowest BCUT2D eigenvalue weighted by Gasteiger charge is -2.33. The standard InChI is InChI=1S/C12H15N/c1-10(2)12-8-5-7-11-6-3-4-9-13(11)12/h3-8,10H,9H2,1-2H3. The first-order chi connectivity index (χ1) is 6.29. The summed E-state index contributed by atoms with van der Waals surface area (Å²) in [7, 11) is 0. The molecule has 0 amide bonds. The molecule has 0 atom stereocenters. The van der Waals surface area contributed by atoms with Crippen LogP contribution >= 0.6 is 0 Å². The topological polar surface area (TPSA) is 3.24 Å². The molecule has 0 aliphatic carbocycles. The van der Waals surface area contributed by atoms with Crippen LogP contribution in [0.4, 0.5) is 0 Å². The number of hydrogen-bond donors (Lipinski definition) is 0. The fourth-order valence-corrected chi connectivity index (χ4v) is 1.77. The minimum Gasteiger partial charge on any atom is -0.341 e. The lowest BCUT2D eigenvalue weighted by atomic mass is 10.0. The third-order valence-corrected chi connectivity index (χ3v) is 2.44. The molecule has 0 aromatic carbocycles. The summed E-state index contributed by atoms with van der Waals surface area (Å²) in [5, 5.41) is 0. The van der Waals surface area contributed by atoms with Crippen molar-refractivity contribution in [1.82, 2.24) is 4.90 Å². The fourth-order valence-electron chi connectivity index (χ4n) is 1.77. The second-order valence-electron chi connectivity index (χ2n) is 3.74. The zero-order valence-corrected chi connectivity index (χ0v) is 8.20. The molecule has 0 fully saturated rings. The average Bonchev–Trinajstić information content (AvgIpc) is 2.17. The lowest BCUT2D eigenvalue weighted by molar-refractivity contribution is 0.422. The van der Waals surface area contributed by atoms with Crippen LogP contribution in [0.3, 0.4) is 0 Å². The lowest BCUT2D eigenvalue weighted by Crippen LogP contribution is -2.27. The molecular formula is C12H15N. The van der Waals surface area contributed by atoms with Crippen molar-refractivity contribution in [2.75, 3.05) is 6.54 Å². The van der Waals surface area contributed by atoms with Gasteiger partial charge in [0.1, 0.15) is 0 Å². The van der Waals surface area contributed by atoms with Crippen molar-refractivity contribution in [3.05, 3.63) is 47.9 Å². The van der Waals surface area contributed by atoms with Crippen molar-refractivity contribution in [2.24, 2.45) is 5.92 Å². The van der Waals surface area contributed by atoms with Crippen LogP contribution in [0.2, 0.25) is 0 Å². The Morgan fingerprint density at radius 2 is 2.08 bits per heavy atom. The summed E-state index contributed by atoms with van der Waals surface area (Å²) in [5.74, 6) is 0.597. The molecule has 1 heteroatoms. The van der Waals surface area contributed by atoms with Crippen molar-refractivity contribution in [3.8, 4) is 0 Å². The second-order valence-corrected chi connectivity index (χ2v) is 3.74. The van der Waals surface area contributed by atoms with E-state index in [2.05, 4.69) is 55.2 Å². The molecule has 0 aromatic heterocycles. The molecule has 2 aliphatic rings. The number of allylic oxidation sites excluding steroid dienone is 6. The Labute approximate surface area is 79.7 Å². The van der Waals surface area contributed by atoms with Gasteiger partial charge in [-0.1, -0.05) is 32.1 Å². The van der Waals surface area contributed by atoms with Gasteiger partial charge >= 0.3 is 0 Å². The summed E-state index contributed by atoms with van der Waals surface area (Å²) in [4.78, 5) is 2.37. The first-order valence-corrected chi connectivity index (χ1v) is 4.81. The molecule has 0 unspecified atom stereocenters. The van der Waals surface area contributed by atoms with E-state index in [1.165, 1.54) is 11.4 Å². The third-order valence-electron chi connectivity index (χ3n) is 2.44. The average molecular weight is 173 g/mol. The van der Waals surface area contributed by atoms with Crippen molar-refractivity contribution >= 4 is 0 Å². The van der Waals surface area contributed by atoms with Gasteiger partial charge in [-0.3, -0.25) is 0 Å². The Hall–Kier alpha value is -1.24. The molecule has 0 radical (unpaired) electrons. The molecule has 0 bridgehead atoms. The summed E-state index contributed by atoms with van der Waals surface area (Å²) >= 11 is 0.